The van der Waals surface area contributed by atoms with E-state index in [0.717, 1.165) is 32.6 Å². The lowest BCUT2D eigenvalue weighted by Gasteiger charge is -2.37. The van der Waals surface area contributed by atoms with Gasteiger partial charge in [0.2, 0.25) is 0 Å². The molecule has 1 saturated heterocycles. The number of rotatable bonds is 7. The van der Waals surface area contributed by atoms with E-state index in [-0.39, 0.29) is 5.60 Å². The fourth-order valence-corrected chi connectivity index (χ4v) is 2.33. The van der Waals surface area contributed by atoms with Gasteiger partial charge in [-0.3, -0.25) is 0 Å². The smallest absolute Gasteiger partial charge is 0.0846 e. The molecule has 1 rings (SSSR count). The molecule has 0 bridgehead atoms. The van der Waals surface area contributed by atoms with Gasteiger partial charge >= 0.3 is 0 Å². The van der Waals surface area contributed by atoms with Crippen LogP contribution in [0, 0.1) is 0 Å². The van der Waals surface area contributed by atoms with E-state index in [9.17, 15) is 0 Å². The molecule has 0 aromatic carbocycles. The van der Waals surface area contributed by atoms with Crippen LogP contribution in [0.5, 0.6) is 0 Å². The Morgan fingerprint density at radius 1 is 1.31 bits per heavy atom. The van der Waals surface area contributed by atoms with E-state index in [0.29, 0.717) is 6.04 Å². The van der Waals surface area contributed by atoms with Gasteiger partial charge in [0.05, 0.1) is 5.60 Å². The third-order valence-corrected chi connectivity index (χ3v) is 3.68. The quantitative estimate of drug-likeness (QED) is 0.727. The molecule has 3 nitrogen and oxygen atoms in total. The molecule has 0 aromatic heterocycles. The number of hydrogen-bond donors (Lipinski definition) is 1. The van der Waals surface area contributed by atoms with Crippen LogP contribution in [0.2, 0.25) is 0 Å². The van der Waals surface area contributed by atoms with E-state index in [1.807, 2.05) is 7.11 Å². The second-order valence-corrected chi connectivity index (χ2v) is 4.77. The van der Waals surface area contributed by atoms with Crippen molar-refractivity contribution in [3.8, 4) is 0 Å². The lowest BCUT2D eigenvalue weighted by Crippen LogP contribution is -2.49. The van der Waals surface area contributed by atoms with Gasteiger partial charge in [-0.15, -0.1) is 0 Å². The summed E-state index contributed by atoms with van der Waals surface area (Å²) in [4.78, 5) is 0. The summed E-state index contributed by atoms with van der Waals surface area (Å²) in [6.45, 7) is 7.12. The average molecular weight is 229 g/mol. The van der Waals surface area contributed by atoms with Gasteiger partial charge < -0.3 is 14.8 Å². The van der Waals surface area contributed by atoms with Crippen molar-refractivity contribution in [2.75, 3.05) is 26.9 Å². The topological polar surface area (TPSA) is 30.5 Å². The molecule has 1 N–H and O–H groups in total. The van der Waals surface area contributed by atoms with Crippen molar-refractivity contribution < 1.29 is 9.47 Å². The first-order chi connectivity index (χ1) is 7.76. The van der Waals surface area contributed by atoms with Crippen LogP contribution < -0.4 is 5.32 Å². The molecule has 0 saturated carbocycles. The average Bonchev–Trinajstić information content (AvgIpc) is 2.35. The summed E-state index contributed by atoms with van der Waals surface area (Å²) in [6, 6.07) is 0.639. The summed E-state index contributed by atoms with van der Waals surface area (Å²) in [5, 5.41) is 3.65. The Bertz CT molecular complexity index is 179. The second kappa shape index (κ2) is 7.25. The highest BCUT2D eigenvalue weighted by Gasteiger charge is 2.32. The van der Waals surface area contributed by atoms with Gasteiger partial charge in [-0.2, -0.15) is 0 Å². The van der Waals surface area contributed by atoms with Crippen LogP contribution in [-0.4, -0.2) is 38.5 Å². The summed E-state index contributed by atoms with van der Waals surface area (Å²) in [5.74, 6) is 0. The van der Waals surface area contributed by atoms with Crippen LogP contribution in [0.25, 0.3) is 0 Å². The Balaban J connectivity index is 2.36. The summed E-state index contributed by atoms with van der Waals surface area (Å²) >= 11 is 0. The maximum absolute atomic E-state index is 5.71. The highest BCUT2D eigenvalue weighted by atomic mass is 16.5. The van der Waals surface area contributed by atoms with E-state index < -0.39 is 0 Å². The second-order valence-electron chi connectivity index (χ2n) is 4.77. The van der Waals surface area contributed by atoms with Gasteiger partial charge in [-0.05, 0) is 12.8 Å². The molecule has 16 heavy (non-hydrogen) atoms. The molecule has 1 heterocycles. The highest BCUT2D eigenvalue weighted by molar-refractivity contribution is 4.86. The summed E-state index contributed by atoms with van der Waals surface area (Å²) in [5.41, 5.74) is 0.0133. The molecule has 1 unspecified atom stereocenters. The Hall–Kier alpha value is -0.120. The van der Waals surface area contributed by atoms with Crippen LogP contribution in [0.15, 0.2) is 0 Å². The summed E-state index contributed by atoms with van der Waals surface area (Å²) in [7, 11) is 1.83. The third kappa shape index (κ3) is 4.04. The summed E-state index contributed by atoms with van der Waals surface area (Å²) < 4.78 is 11.1. The maximum Gasteiger partial charge on any atom is 0.0846 e. The molecule has 1 aliphatic rings. The minimum atomic E-state index is 0.0133. The monoisotopic (exact) mass is 229 g/mol. The molecule has 1 aliphatic heterocycles. The SMILES string of the molecule is CCCC(CC)NCC1(OC)CCOCC1. The van der Waals surface area contributed by atoms with Crippen molar-refractivity contribution in [2.24, 2.45) is 0 Å². The molecule has 0 aromatic rings. The van der Waals surface area contributed by atoms with Crippen LogP contribution in [0.1, 0.15) is 46.0 Å². The minimum absolute atomic E-state index is 0.0133. The Labute approximate surface area is 99.9 Å². The molecule has 1 fully saturated rings. The molecular weight excluding hydrogens is 202 g/mol. The first-order valence-corrected chi connectivity index (χ1v) is 6.62. The van der Waals surface area contributed by atoms with E-state index in [2.05, 4.69) is 19.2 Å². The van der Waals surface area contributed by atoms with Crippen LogP contribution >= 0.6 is 0 Å². The van der Waals surface area contributed by atoms with Crippen molar-refractivity contribution in [2.45, 2.75) is 57.6 Å². The minimum Gasteiger partial charge on any atom is -0.381 e. The number of nitrogens with one attached hydrogen (secondary N) is 1. The van der Waals surface area contributed by atoms with Crippen LogP contribution in [0.3, 0.4) is 0 Å². The number of hydrogen-bond acceptors (Lipinski definition) is 3. The zero-order valence-corrected chi connectivity index (χ0v) is 11.1. The predicted molar refractivity (Wildman–Crippen MR) is 66.8 cm³/mol. The highest BCUT2D eigenvalue weighted by Crippen LogP contribution is 2.23. The van der Waals surface area contributed by atoms with E-state index in [1.165, 1.54) is 19.3 Å². The lowest BCUT2D eigenvalue weighted by molar-refractivity contribution is -0.0887. The maximum atomic E-state index is 5.71. The fraction of sp³-hybridized carbons (Fsp3) is 1.00. The van der Waals surface area contributed by atoms with Crippen molar-refractivity contribution in [1.29, 1.82) is 0 Å². The first-order valence-electron chi connectivity index (χ1n) is 6.62. The summed E-state index contributed by atoms with van der Waals surface area (Å²) in [6.07, 6.45) is 5.73. The largest absolute Gasteiger partial charge is 0.381 e. The molecule has 0 amide bonds. The number of ether oxygens (including phenoxy) is 2. The van der Waals surface area contributed by atoms with Crippen molar-refractivity contribution in [3.05, 3.63) is 0 Å². The van der Waals surface area contributed by atoms with Gasteiger partial charge in [0.1, 0.15) is 0 Å². The first kappa shape index (κ1) is 13.9. The Kier molecular flexibility index (Phi) is 6.32. The molecular formula is C13H27NO2. The lowest BCUT2D eigenvalue weighted by atomic mass is 9.93. The molecule has 0 spiro atoms. The Morgan fingerprint density at radius 2 is 2.00 bits per heavy atom. The van der Waals surface area contributed by atoms with Gasteiger partial charge in [0.15, 0.2) is 0 Å². The predicted octanol–water partition coefficient (Wildman–Crippen LogP) is 2.35. The normalized spacial score (nSPS) is 21.9. The Morgan fingerprint density at radius 3 is 2.50 bits per heavy atom. The van der Waals surface area contributed by atoms with E-state index in [1.54, 1.807) is 0 Å². The molecule has 1 atom stereocenters. The third-order valence-electron chi connectivity index (χ3n) is 3.68. The molecule has 0 aliphatic carbocycles. The van der Waals surface area contributed by atoms with Gasteiger partial charge in [-0.25, -0.2) is 0 Å². The zero-order valence-electron chi connectivity index (χ0n) is 11.1. The van der Waals surface area contributed by atoms with Gasteiger partial charge in [0, 0.05) is 45.8 Å². The fourth-order valence-electron chi connectivity index (χ4n) is 2.33. The van der Waals surface area contributed by atoms with Gasteiger partial charge in [0.25, 0.3) is 0 Å². The standard InChI is InChI=1S/C13H27NO2/c1-4-6-12(5-2)14-11-13(15-3)7-9-16-10-8-13/h12,14H,4-11H2,1-3H3. The van der Waals surface area contributed by atoms with Gasteiger partial charge in [-0.1, -0.05) is 20.3 Å². The van der Waals surface area contributed by atoms with Crippen molar-refractivity contribution >= 4 is 0 Å². The van der Waals surface area contributed by atoms with Crippen LogP contribution in [-0.2, 0) is 9.47 Å². The van der Waals surface area contributed by atoms with Crippen molar-refractivity contribution in [1.82, 2.24) is 5.32 Å². The van der Waals surface area contributed by atoms with Crippen molar-refractivity contribution in [3.63, 3.8) is 0 Å². The molecule has 0 radical (unpaired) electrons. The number of methoxy groups -OCH3 is 1. The van der Waals surface area contributed by atoms with E-state index in [4.69, 9.17) is 9.47 Å². The zero-order chi connectivity index (χ0) is 11.9. The van der Waals surface area contributed by atoms with E-state index >= 15 is 0 Å². The molecule has 96 valence electrons. The van der Waals surface area contributed by atoms with Crippen LogP contribution in [0.4, 0.5) is 0 Å². The molecule has 3 heteroatoms.